The molecule has 0 amide bonds. The summed E-state index contributed by atoms with van der Waals surface area (Å²) in [5.74, 6) is 1.09. The average molecular weight is 271 g/mol. The molecule has 4 aromatic rings. The van der Waals surface area contributed by atoms with Crippen LogP contribution in [0.4, 0.5) is 0 Å². The minimum Gasteiger partial charge on any atom is -0.243 e. The Hall–Kier alpha value is -2.87. The van der Waals surface area contributed by atoms with E-state index >= 15 is 0 Å². The number of aromatic nitrogens is 2. The maximum absolute atomic E-state index is 3.35. The lowest BCUT2D eigenvalue weighted by atomic mass is 10.1. The Morgan fingerprint density at radius 3 is 2.38 bits per heavy atom. The van der Waals surface area contributed by atoms with Crippen molar-refractivity contribution in [3.63, 3.8) is 0 Å². The van der Waals surface area contributed by atoms with Crippen LogP contribution in [0.25, 0.3) is 27.8 Å². The fourth-order valence-electron chi connectivity index (χ4n) is 2.77. The van der Waals surface area contributed by atoms with E-state index in [-0.39, 0.29) is 0 Å². The summed E-state index contributed by atoms with van der Waals surface area (Å²) in [6.45, 7) is 0. The quantitative estimate of drug-likeness (QED) is 0.529. The zero-order chi connectivity index (χ0) is 14.1. The van der Waals surface area contributed by atoms with Gasteiger partial charge in [0.25, 0.3) is 5.82 Å². The third-order valence-corrected chi connectivity index (χ3v) is 3.76. The average Bonchev–Trinajstić information content (AvgIpc) is 3.04. The minimum absolute atomic E-state index is 1.09. The van der Waals surface area contributed by atoms with Gasteiger partial charge in [-0.05, 0) is 23.6 Å². The van der Waals surface area contributed by atoms with Gasteiger partial charge in [0.05, 0.1) is 5.56 Å². The van der Waals surface area contributed by atoms with E-state index in [1.54, 1.807) is 0 Å². The van der Waals surface area contributed by atoms with Gasteiger partial charge in [-0.15, -0.1) is 0 Å². The molecule has 0 aliphatic carbocycles. The van der Waals surface area contributed by atoms with Gasteiger partial charge < -0.3 is 0 Å². The topological polar surface area (TPSA) is 19.7 Å². The van der Waals surface area contributed by atoms with Crippen molar-refractivity contribution in [3.8, 4) is 17.1 Å². The van der Waals surface area contributed by atoms with Crippen molar-refractivity contribution in [2.75, 3.05) is 0 Å². The number of aromatic amines is 1. The highest BCUT2D eigenvalue weighted by atomic mass is 15.1. The molecule has 4 rings (SSSR count). The van der Waals surface area contributed by atoms with E-state index in [1.807, 2.05) is 12.3 Å². The van der Waals surface area contributed by atoms with Gasteiger partial charge in [0, 0.05) is 5.39 Å². The lowest BCUT2D eigenvalue weighted by molar-refractivity contribution is -0.580. The van der Waals surface area contributed by atoms with Crippen molar-refractivity contribution in [2.24, 2.45) is 0 Å². The van der Waals surface area contributed by atoms with Crippen molar-refractivity contribution in [1.82, 2.24) is 4.98 Å². The van der Waals surface area contributed by atoms with E-state index in [9.17, 15) is 0 Å². The summed E-state index contributed by atoms with van der Waals surface area (Å²) in [6.07, 6.45) is 4.05. The first-order chi connectivity index (χ1) is 10.4. The highest BCUT2D eigenvalue weighted by Crippen LogP contribution is 2.21. The SMILES string of the molecule is c1ccc(-c2[nH]cc[n+]2-c2cccc3ccccc23)cc1. The number of nitrogens with one attached hydrogen (secondary N) is 1. The van der Waals surface area contributed by atoms with E-state index < -0.39 is 0 Å². The molecule has 1 N–H and O–H groups in total. The fourth-order valence-corrected chi connectivity index (χ4v) is 2.77. The van der Waals surface area contributed by atoms with Gasteiger partial charge >= 0.3 is 0 Å². The Bertz CT molecular complexity index is 886. The van der Waals surface area contributed by atoms with E-state index in [0.29, 0.717) is 0 Å². The van der Waals surface area contributed by atoms with Gasteiger partial charge in [-0.1, -0.05) is 54.6 Å². The molecule has 0 saturated carbocycles. The predicted octanol–water partition coefficient (Wildman–Crippen LogP) is 4.11. The van der Waals surface area contributed by atoms with Crippen LogP contribution in [-0.4, -0.2) is 4.98 Å². The van der Waals surface area contributed by atoms with Crippen LogP contribution in [0.5, 0.6) is 0 Å². The van der Waals surface area contributed by atoms with E-state index in [2.05, 4.69) is 82.5 Å². The number of rotatable bonds is 2. The molecular weight excluding hydrogens is 256 g/mol. The molecule has 3 aromatic carbocycles. The summed E-state index contributed by atoms with van der Waals surface area (Å²) in [5, 5.41) is 2.50. The van der Waals surface area contributed by atoms with Crippen molar-refractivity contribution in [3.05, 3.63) is 85.2 Å². The largest absolute Gasteiger partial charge is 0.291 e. The molecule has 2 nitrogen and oxygen atoms in total. The Balaban J connectivity index is 1.97. The number of hydrogen-bond donors (Lipinski definition) is 1. The second-order valence-electron chi connectivity index (χ2n) is 5.04. The van der Waals surface area contributed by atoms with Crippen LogP contribution in [0, 0.1) is 0 Å². The molecule has 0 aliphatic rings. The van der Waals surface area contributed by atoms with Crippen molar-refractivity contribution >= 4 is 10.8 Å². The van der Waals surface area contributed by atoms with Gasteiger partial charge in [-0.2, -0.15) is 4.57 Å². The number of benzene rings is 3. The van der Waals surface area contributed by atoms with Crippen LogP contribution in [-0.2, 0) is 0 Å². The van der Waals surface area contributed by atoms with Crippen molar-refractivity contribution in [1.29, 1.82) is 0 Å². The van der Waals surface area contributed by atoms with Gasteiger partial charge in [-0.25, -0.2) is 4.98 Å². The lowest BCUT2D eigenvalue weighted by Gasteiger charge is -2.05. The fraction of sp³-hybridized carbons (Fsp3) is 0. The van der Waals surface area contributed by atoms with Gasteiger partial charge in [0.1, 0.15) is 18.1 Å². The molecule has 21 heavy (non-hydrogen) atoms. The Morgan fingerprint density at radius 2 is 1.48 bits per heavy atom. The summed E-state index contributed by atoms with van der Waals surface area (Å²) < 4.78 is 2.21. The summed E-state index contributed by atoms with van der Waals surface area (Å²) in [5.41, 5.74) is 2.36. The first-order valence-corrected chi connectivity index (χ1v) is 7.06. The molecule has 0 fully saturated rings. The third-order valence-electron chi connectivity index (χ3n) is 3.76. The van der Waals surface area contributed by atoms with Crippen LogP contribution in [0.1, 0.15) is 0 Å². The highest BCUT2D eigenvalue weighted by molar-refractivity contribution is 5.88. The molecule has 0 spiro atoms. The summed E-state index contributed by atoms with van der Waals surface area (Å²) in [6, 6.07) is 25.3. The molecular formula is C19H15N2+. The monoisotopic (exact) mass is 271 g/mol. The summed E-state index contributed by atoms with van der Waals surface area (Å²) in [4.78, 5) is 3.35. The molecule has 100 valence electrons. The maximum atomic E-state index is 3.35. The number of hydrogen-bond acceptors (Lipinski definition) is 0. The van der Waals surface area contributed by atoms with Gasteiger partial charge in [0.15, 0.2) is 0 Å². The van der Waals surface area contributed by atoms with E-state index in [1.165, 1.54) is 22.0 Å². The van der Waals surface area contributed by atoms with Crippen LogP contribution in [0.3, 0.4) is 0 Å². The number of H-pyrrole nitrogens is 1. The zero-order valence-electron chi connectivity index (χ0n) is 11.5. The summed E-state index contributed by atoms with van der Waals surface area (Å²) in [7, 11) is 0. The number of imidazole rings is 1. The highest BCUT2D eigenvalue weighted by Gasteiger charge is 2.16. The molecule has 0 aliphatic heterocycles. The molecule has 0 unspecified atom stereocenters. The molecule has 0 atom stereocenters. The van der Waals surface area contributed by atoms with E-state index in [0.717, 1.165) is 5.82 Å². The van der Waals surface area contributed by atoms with Crippen molar-refractivity contribution < 1.29 is 4.57 Å². The standard InChI is InChI=1S/C19H14N2/c1-2-8-16(9-3-1)19-20-13-14-21(19)18-12-6-10-15-7-4-5-11-17(15)18/h1-14H/p+1. The molecule has 0 bridgehead atoms. The van der Waals surface area contributed by atoms with Crippen LogP contribution >= 0.6 is 0 Å². The summed E-state index contributed by atoms with van der Waals surface area (Å²) >= 11 is 0. The molecule has 0 saturated heterocycles. The van der Waals surface area contributed by atoms with Crippen LogP contribution in [0.2, 0.25) is 0 Å². The zero-order valence-corrected chi connectivity index (χ0v) is 11.5. The second kappa shape index (κ2) is 4.91. The number of fused-ring (bicyclic) bond motifs is 1. The van der Waals surface area contributed by atoms with Gasteiger partial charge in [-0.3, -0.25) is 0 Å². The third kappa shape index (κ3) is 2.01. The minimum atomic E-state index is 1.09. The van der Waals surface area contributed by atoms with Gasteiger partial charge in [0.2, 0.25) is 0 Å². The smallest absolute Gasteiger partial charge is 0.243 e. The predicted molar refractivity (Wildman–Crippen MR) is 85.3 cm³/mol. The normalized spacial score (nSPS) is 10.9. The van der Waals surface area contributed by atoms with Crippen molar-refractivity contribution in [2.45, 2.75) is 0 Å². The van der Waals surface area contributed by atoms with Crippen LogP contribution < -0.4 is 4.57 Å². The molecule has 2 heteroatoms. The number of nitrogens with zero attached hydrogens (tertiary/aromatic N) is 1. The van der Waals surface area contributed by atoms with E-state index in [4.69, 9.17) is 0 Å². The Labute approximate surface area is 123 Å². The Morgan fingerprint density at radius 1 is 0.714 bits per heavy atom. The first-order valence-electron chi connectivity index (χ1n) is 7.06. The maximum Gasteiger partial charge on any atom is 0.291 e. The molecule has 0 radical (unpaired) electrons. The first kappa shape index (κ1) is 11.9. The molecule has 1 heterocycles. The molecule has 1 aromatic heterocycles. The van der Waals surface area contributed by atoms with Crippen LogP contribution in [0.15, 0.2) is 85.2 Å². The Kier molecular flexibility index (Phi) is 2.79. The second-order valence-corrected chi connectivity index (χ2v) is 5.04. The lowest BCUT2D eigenvalue weighted by Crippen LogP contribution is -2.30.